The Kier molecular flexibility index (Phi) is 3.97. The van der Waals surface area contributed by atoms with Gasteiger partial charge in [-0.1, -0.05) is 6.42 Å². The zero-order valence-corrected chi connectivity index (χ0v) is 11.1. The van der Waals surface area contributed by atoms with Gasteiger partial charge in [-0.05, 0) is 18.8 Å². The van der Waals surface area contributed by atoms with E-state index in [4.69, 9.17) is 14.2 Å². The third-order valence-electron chi connectivity index (χ3n) is 3.65. The normalized spacial score (nSPS) is 16.9. The summed E-state index contributed by atoms with van der Waals surface area (Å²) in [6.07, 6.45) is 2.76. The van der Waals surface area contributed by atoms with Crippen LogP contribution in [-0.4, -0.2) is 26.4 Å². The molecule has 100 valence electrons. The van der Waals surface area contributed by atoms with E-state index in [0.29, 0.717) is 23.2 Å². The van der Waals surface area contributed by atoms with Crippen LogP contribution in [0.3, 0.4) is 0 Å². The van der Waals surface area contributed by atoms with Crippen LogP contribution in [0.2, 0.25) is 0 Å². The number of hydrogen-bond acceptors (Lipinski definition) is 4. The molecule has 4 nitrogen and oxygen atoms in total. The highest BCUT2D eigenvalue weighted by Gasteiger charge is 2.31. The highest BCUT2D eigenvalue weighted by Crippen LogP contribution is 2.45. The summed E-state index contributed by atoms with van der Waals surface area (Å²) in [7, 11) is 4.77. The topological polar surface area (TPSA) is 47.9 Å². The van der Waals surface area contributed by atoms with Crippen LogP contribution in [-0.2, 0) is 0 Å². The van der Waals surface area contributed by atoms with Crippen LogP contribution in [0.15, 0.2) is 12.1 Å². The molecule has 0 bridgehead atoms. The van der Waals surface area contributed by atoms with E-state index in [0.717, 1.165) is 18.4 Å². The third kappa shape index (κ3) is 2.25. The summed E-state index contributed by atoms with van der Waals surface area (Å²) in [4.78, 5) is 0. The van der Waals surface area contributed by atoms with Crippen molar-refractivity contribution in [1.29, 1.82) is 0 Å². The molecule has 4 heteroatoms. The fraction of sp³-hybridized carbons (Fsp3) is 0.571. The van der Waals surface area contributed by atoms with Gasteiger partial charge >= 0.3 is 0 Å². The van der Waals surface area contributed by atoms with E-state index in [9.17, 15) is 5.11 Å². The number of rotatable bonds is 5. The molecule has 1 aliphatic carbocycles. The van der Waals surface area contributed by atoms with Crippen molar-refractivity contribution in [1.82, 2.24) is 0 Å². The lowest BCUT2D eigenvalue weighted by atomic mass is 9.78. The lowest BCUT2D eigenvalue weighted by molar-refractivity contribution is 0.0578. The van der Waals surface area contributed by atoms with Crippen LogP contribution in [0.5, 0.6) is 17.2 Å². The van der Waals surface area contributed by atoms with Gasteiger partial charge in [0.15, 0.2) is 0 Å². The predicted molar refractivity (Wildman–Crippen MR) is 68.4 cm³/mol. The second kappa shape index (κ2) is 5.48. The molecule has 1 aromatic rings. The molecule has 1 unspecified atom stereocenters. The van der Waals surface area contributed by atoms with Gasteiger partial charge in [-0.15, -0.1) is 0 Å². The van der Waals surface area contributed by atoms with E-state index in [1.54, 1.807) is 33.5 Å². The average molecular weight is 252 g/mol. The van der Waals surface area contributed by atoms with Crippen molar-refractivity contribution >= 4 is 0 Å². The first kappa shape index (κ1) is 13.0. The van der Waals surface area contributed by atoms with Gasteiger partial charge in [-0.3, -0.25) is 0 Å². The summed E-state index contributed by atoms with van der Waals surface area (Å²) in [6.45, 7) is 0. The van der Waals surface area contributed by atoms with Crippen molar-refractivity contribution < 1.29 is 19.3 Å². The summed E-state index contributed by atoms with van der Waals surface area (Å²) in [5.74, 6) is 2.20. The minimum absolute atomic E-state index is 0.307. The highest BCUT2D eigenvalue weighted by atomic mass is 16.5. The predicted octanol–water partition coefficient (Wildman–Crippen LogP) is 2.55. The number of methoxy groups -OCH3 is 3. The number of benzene rings is 1. The monoisotopic (exact) mass is 252 g/mol. The minimum Gasteiger partial charge on any atom is -0.496 e. The maximum atomic E-state index is 10.4. The van der Waals surface area contributed by atoms with Crippen molar-refractivity contribution in [3.63, 3.8) is 0 Å². The maximum absolute atomic E-state index is 10.4. The zero-order valence-electron chi connectivity index (χ0n) is 11.1. The highest BCUT2D eigenvalue weighted by molar-refractivity contribution is 5.52. The Bertz CT molecular complexity index is 387. The Labute approximate surface area is 107 Å². The molecule has 1 atom stereocenters. The number of hydrogen-bond donors (Lipinski definition) is 1. The fourth-order valence-electron chi connectivity index (χ4n) is 2.32. The van der Waals surface area contributed by atoms with E-state index in [2.05, 4.69) is 0 Å². The number of aliphatic hydroxyl groups is 1. The van der Waals surface area contributed by atoms with Crippen LogP contribution in [0.4, 0.5) is 0 Å². The second-order valence-corrected chi connectivity index (χ2v) is 4.58. The van der Waals surface area contributed by atoms with Gasteiger partial charge < -0.3 is 19.3 Å². The third-order valence-corrected chi connectivity index (χ3v) is 3.65. The molecule has 1 aromatic carbocycles. The van der Waals surface area contributed by atoms with Crippen LogP contribution < -0.4 is 14.2 Å². The Morgan fingerprint density at radius 3 is 1.94 bits per heavy atom. The Morgan fingerprint density at radius 2 is 1.61 bits per heavy atom. The van der Waals surface area contributed by atoms with Crippen molar-refractivity contribution in [2.24, 2.45) is 5.92 Å². The number of aliphatic hydroxyl groups excluding tert-OH is 1. The Balaban J connectivity index is 2.41. The summed E-state index contributed by atoms with van der Waals surface area (Å²) >= 11 is 0. The molecule has 1 N–H and O–H groups in total. The van der Waals surface area contributed by atoms with Gasteiger partial charge in [0.2, 0.25) is 0 Å². The molecule has 18 heavy (non-hydrogen) atoms. The Morgan fingerprint density at radius 1 is 1.06 bits per heavy atom. The molecule has 2 rings (SSSR count). The molecule has 0 radical (unpaired) electrons. The molecule has 0 spiro atoms. The Hall–Kier alpha value is -1.42. The first-order chi connectivity index (χ1) is 8.71. The maximum Gasteiger partial charge on any atom is 0.132 e. The molecule has 0 amide bonds. The minimum atomic E-state index is -0.533. The molecule has 0 aromatic heterocycles. The quantitative estimate of drug-likeness (QED) is 0.875. The van der Waals surface area contributed by atoms with E-state index < -0.39 is 6.10 Å². The van der Waals surface area contributed by atoms with E-state index >= 15 is 0 Å². The van der Waals surface area contributed by atoms with E-state index in [-0.39, 0.29) is 0 Å². The summed E-state index contributed by atoms with van der Waals surface area (Å²) < 4.78 is 15.9. The largest absolute Gasteiger partial charge is 0.496 e. The van der Waals surface area contributed by atoms with Crippen molar-refractivity contribution in [2.75, 3.05) is 21.3 Å². The molecule has 1 aliphatic rings. The van der Waals surface area contributed by atoms with Crippen molar-refractivity contribution in [2.45, 2.75) is 25.4 Å². The molecule has 1 saturated carbocycles. The van der Waals surface area contributed by atoms with E-state index in [1.807, 2.05) is 0 Å². The molecule has 0 heterocycles. The smallest absolute Gasteiger partial charge is 0.132 e. The first-order valence-corrected chi connectivity index (χ1v) is 6.19. The van der Waals surface area contributed by atoms with Crippen LogP contribution in [0.1, 0.15) is 30.9 Å². The van der Waals surface area contributed by atoms with Gasteiger partial charge in [0.1, 0.15) is 17.2 Å². The van der Waals surface area contributed by atoms with Crippen LogP contribution in [0.25, 0.3) is 0 Å². The standard InChI is InChI=1S/C14H20O4/c1-16-10-7-11(17-2)13(12(8-10)18-3)14(15)9-5-4-6-9/h7-9,14-15H,4-6H2,1-3H3. The van der Waals surface area contributed by atoms with Gasteiger partial charge in [0.05, 0.1) is 33.0 Å². The van der Waals surface area contributed by atoms with Crippen molar-refractivity contribution in [3.05, 3.63) is 17.7 Å². The van der Waals surface area contributed by atoms with Crippen molar-refractivity contribution in [3.8, 4) is 17.2 Å². The second-order valence-electron chi connectivity index (χ2n) is 4.58. The summed E-state index contributed by atoms with van der Waals surface area (Å²) in [5, 5.41) is 10.4. The SMILES string of the molecule is COc1cc(OC)c(C(O)C2CCC2)c(OC)c1. The number of ether oxygens (including phenoxy) is 3. The zero-order chi connectivity index (χ0) is 13.1. The summed E-state index contributed by atoms with van der Waals surface area (Å²) in [6, 6.07) is 3.56. The molecular weight excluding hydrogens is 232 g/mol. The van der Waals surface area contributed by atoms with Gasteiger partial charge in [0, 0.05) is 12.1 Å². The van der Waals surface area contributed by atoms with Gasteiger partial charge in [-0.2, -0.15) is 0 Å². The molecule has 0 aliphatic heterocycles. The van der Waals surface area contributed by atoms with Crippen LogP contribution in [0, 0.1) is 5.92 Å². The average Bonchev–Trinajstić information content (AvgIpc) is 2.34. The van der Waals surface area contributed by atoms with Gasteiger partial charge in [0.25, 0.3) is 0 Å². The fourth-order valence-corrected chi connectivity index (χ4v) is 2.32. The molecule has 0 saturated heterocycles. The first-order valence-electron chi connectivity index (χ1n) is 6.19. The van der Waals surface area contributed by atoms with E-state index in [1.165, 1.54) is 6.42 Å². The lowest BCUT2D eigenvalue weighted by Crippen LogP contribution is -2.21. The molecular formula is C14H20O4. The lowest BCUT2D eigenvalue weighted by Gasteiger charge is -2.32. The summed E-state index contributed by atoms with van der Waals surface area (Å²) in [5.41, 5.74) is 0.727. The van der Waals surface area contributed by atoms with Crippen LogP contribution >= 0.6 is 0 Å². The molecule has 1 fully saturated rings. The van der Waals surface area contributed by atoms with Gasteiger partial charge in [-0.25, -0.2) is 0 Å².